The average molecular weight is 215 g/mol. The van der Waals surface area contributed by atoms with Gasteiger partial charge in [-0.15, -0.1) is 0 Å². The molecule has 0 aliphatic rings. The maximum atomic E-state index is 11.2. The summed E-state index contributed by atoms with van der Waals surface area (Å²) >= 11 is 0. The molecule has 0 aliphatic heterocycles. The summed E-state index contributed by atoms with van der Waals surface area (Å²) in [5.74, 6) is -0.585. The molecule has 0 unspecified atom stereocenters. The van der Waals surface area contributed by atoms with Gasteiger partial charge in [-0.25, -0.2) is 5.48 Å². The number of nitrogens with zero attached hydrogens (tertiary/aromatic N) is 2. The molecule has 0 radical (unpaired) electrons. The van der Waals surface area contributed by atoms with Crippen LogP contribution in [0.3, 0.4) is 0 Å². The molecule has 16 heavy (non-hydrogen) atoms. The van der Waals surface area contributed by atoms with Crippen molar-refractivity contribution in [3.63, 3.8) is 0 Å². The monoisotopic (exact) mass is 215 g/mol. The number of hydrogen-bond acceptors (Lipinski definition) is 4. The first-order valence-corrected chi connectivity index (χ1v) is 4.61. The van der Waals surface area contributed by atoms with Gasteiger partial charge in [-0.2, -0.15) is 0 Å². The van der Waals surface area contributed by atoms with Crippen LogP contribution in [0.25, 0.3) is 11.1 Å². The van der Waals surface area contributed by atoms with Crippen LogP contribution in [0.2, 0.25) is 0 Å². The number of nitrogens with one attached hydrogen (secondary N) is 1. The van der Waals surface area contributed by atoms with Crippen molar-refractivity contribution in [1.82, 2.24) is 15.4 Å². The lowest BCUT2D eigenvalue weighted by molar-refractivity contribution is 0.0706. The first-order valence-electron chi connectivity index (χ1n) is 4.61. The quantitative estimate of drug-likeness (QED) is 0.584. The third-order valence-corrected chi connectivity index (χ3v) is 2.10. The molecule has 2 heterocycles. The molecule has 2 N–H and O–H groups in total. The van der Waals surface area contributed by atoms with E-state index in [-0.39, 0.29) is 0 Å². The number of carbonyl (C=O) groups is 1. The standard InChI is InChI=1S/C11H9N3O2/c15-11(14-16)10-4-9(6-13-7-10)8-2-1-3-12-5-8/h1-7,16H,(H,14,15). The maximum Gasteiger partial charge on any atom is 0.276 e. The summed E-state index contributed by atoms with van der Waals surface area (Å²) in [6.07, 6.45) is 6.36. The smallest absolute Gasteiger partial charge is 0.276 e. The van der Waals surface area contributed by atoms with Gasteiger partial charge in [0.15, 0.2) is 0 Å². The predicted molar refractivity (Wildman–Crippen MR) is 56.7 cm³/mol. The molecule has 80 valence electrons. The lowest BCUT2D eigenvalue weighted by Crippen LogP contribution is -2.18. The molecule has 2 aromatic heterocycles. The van der Waals surface area contributed by atoms with Gasteiger partial charge in [0, 0.05) is 35.9 Å². The molecular formula is C11H9N3O2. The van der Waals surface area contributed by atoms with E-state index in [2.05, 4.69) is 9.97 Å². The molecule has 2 rings (SSSR count). The van der Waals surface area contributed by atoms with Crippen LogP contribution in [0.5, 0.6) is 0 Å². The van der Waals surface area contributed by atoms with Crippen LogP contribution >= 0.6 is 0 Å². The third-order valence-electron chi connectivity index (χ3n) is 2.10. The van der Waals surface area contributed by atoms with E-state index >= 15 is 0 Å². The summed E-state index contributed by atoms with van der Waals surface area (Å²) < 4.78 is 0. The Morgan fingerprint density at radius 1 is 1.19 bits per heavy atom. The van der Waals surface area contributed by atoms with Crippen molar-refractivity contribution in [2.75, 3.05) is 0 Å². The third kappa shape index (κ3) is 2.04. The number of hydrogen-bond donors (Lipinski definition) is 2. The molecule has 0 aromatic carbocycles. The van der Waals surface area contributed by atoms with Gasteiger partial charge in [-0.05, 0) is 12.1 Å². The summed E-state index contributed by atoms with van der Waals surface area (Å²) in [6, 6.07) is 5.30. The number of aromatic nitrogens is 2. The van der Waals surface area contributed by atoms with Gasteiger partial charge in [0.2, 0.25) is 0 Å². The lowest BCUT2D eigenvalue weighted by atomic mass is 10.1. The highest BCUT2D eigenvalue weighted by molar-refractivity contribution is 5.94. The zero-order chi connectivity index (χ0) is 11.4. The molecule has 0 atom stereocenters. The van der Waals surface area contributed by atoms with Crippen molar-refractivity contribution in [3.8, 4) is 11.1 Å². The van der Waals surface area contributed by atoms with E-state index in [4.69, 9.17) is 5.21 Å². The Bertz CT molecular complexity index is 500. The average Bonchev–Trinajstić information content (AvgIpc) is 2.39. The van der Waals surface area contributed by atoms with E-state index < -0.39 is 5.91 Å². The van der Waals surface area contributed by atoms with Crippen LogP contribution in [0, 0.1) is 0 Å². The van der Waals surface area contributed by atoms with Gasteiger partial charge in [-0.1, -0.05) is 6.07 Å². The Kier molecular flexibility index (Phi) is 2.88. The zero-order valence-electron chi connectivity index (χ0n) is 8.29. The fourth-order valence-corrected chi connectivity index (χ4v) is 1.32. The number of pyridine rings is 2. The summed E-state index contributed by atoms with van der Waals surface area (Å²) in [5.41, 5.74) is 3.50. The largest absolute Gasteiger partial charge is 0.288 e. The van der Waals surface area contributed by atoms with E-state index in [1.165, 1.54) is 6.20 Å². The minimum atomic E-state index is -0.585. The fourth-order valence-electron chi connectivity index (χ4n) is 1.32. The summed E-state index contributed by atoms with van der Waals surface area (Å²) in [7, 11) is 0. The maximum absolute atomic E-state index is 11.2. The summed E-state index contributed by atoms with van der Waals surface area (Å²) in [4.78, 5) is 19.1. The molecule has 5 nitrogen and oxygen atoms in total. The molecule has 2 aromatic rings. The van der Waals surface area contributed by atoms with Gasteiger partial charge < -0.3 is 0 Å². The number of rotatable bonds is 2. The van der Waals surface area contributed by atoms with Gasteiger partial charge in [0.05, 0.1) is 5.56 Å². The Hall–Kier alpha value is -2.27. The van der Waals surface area contributed by atoms with Crippen LogP contribution in [0.4, 0.5) is 0 Å². The van der Waals surface area contributed by atoms with Crippen molar-refractivity contribution in [3.05, 3.63) is 48.5 Å². The van der Waals surface area contributed by atoms with E-state index in [9.17, 15) is 4.79 Å². The van der Waals surface area contributed by atoms with Gasteiger partial charge in [0.25, 0.3) is 5.91 Å². The molecule has 5 heteroatoms. The highest BCUT2D eigenvalue weighted by Gasteiger charge is 2.06. The molecule has 0 bridgehead atoms. The van der Waals surface area contributed by atoms with Crippen molar-refractivity contribution >= 4 is 5.91 Å². The predicted octanol–water partition coefficient (Wildman–Crippen LogP) is 1.26. The van der Waals surface area contributed by atoms with Crippen LogP contribution in [-0.4, -0.2) is 21.1 Å². The number of carbonyl (C=O) groups excluding carboxylic acids is 1. The Morgan fingerprint density at radius 2 is 2.00 bits per heavy atom. The topological polar surface area (TPSA) is 75.1 Å². The van der Waals surface area contributed by atoms with E-state index in [0.29, 0.717) is 5.56 Å². The second kappa shape index (κ2) is 4.50. The highest BCUT2D eigenvalue weighted by Crippen LogP contribution is 2.17. The van der Waals surface area contributed by atoms with E-state index in [1.807, 2.05) is 6.07 Å². The molecule has 0 aliphatic carbocycles. The van der Waals surface area contributed by atoms with E-state index in [0.717, 1.165) is 11.1 Å². The second-order valence-electron chi connectivity index (χ2n) is 3.14. The van der Waals surface area contributed by atoms with Crippen molar-refractivity contribution < 1.29 is 10.0 Å². The molecule has 0 spiro atoms. The van der Waals surface area contributed by atoms with Crippen LogP contribution in [0.15, 0.2) is 43.0 Å². The molecule has 0 saturated heterocycles. The van der Waals surface area contributed by atoms with Gasteiger partial charge in [-0.3, -0.25) is 20.0 Å². The molecular weight excluding hydrogens is 206 g/mol. The first-order chi connectivity index (χ1) is 7.81. The summed E-state index contributed by atoms with van der Waals surface area (Å²) in [6.45, 7) is 0. The van der Waals surface area contributed by atoms with Gasteiger partial charge in [0.1, 0.15) is 0 Å². The highest BCUT2D eigenvalue weighted by atomic mass is 16.5. The Labute approximate surface area is 91.8 Å². The lowest BCUT2D eigenvalue weighted by Gasteiger charge is -2.02. The summed E-state index contributed by atoms with van der Waals surface area (Å²) in [5, 5.41) is 8.51. The Balaban J connectivity index is 2.40. The Morgan fingerprint density at radius 3 is 2.69 bits per heavy atom. The van der Waals surface area contributed by atoms with Crippen molar-refractivity contribution in [2.24, 2.45) is 0 Å². The van der Waals surface area contributed by atoms with Crippen molar-refractivity contribution in [2.45, 2.75) is 0 Å². The van der Waals surface area contributed by atoms with Crippen molar-refractivity contribution in [1.29, 1.82) is 0 Å². The van der Waals surface area contributed by atoms with E-state index in [1.54, 1.807) is 36.2 Å². The second-order valence-corrected chi connectivity index (χ2v) is 3.14. The van der Waals surface area contributed by atoms with Gasteiger partial charge >= 0.3 is 0 Å². The molecule has 1 amide bonds. The van der Waals surface area contributed by atoms with Crippen LogP contribution in [-0.2, 0) is 0 Å². The SMILES string of the molecule is O=C(NO)c1cncc(-c2cccnc2)c1. The number of hydroxylamine groups is 1. The first kappa shape index (κ1) is 10.3. The van der Waals surface area contributed by atoms with Crippen LogP contribution in [0.1, 0.15) is 10.4 Å². The van der Waals surface area contributed by atoms with Crippen LogP contribution < -0.4 is 5.48 Å². The number of amides is 1. The fraction of sp³-hybridized carbons (Fsp3) is 0. The zero-order valence-corrected chi connectivity index (χ0v) is 8.29. The normalized spacial score (nSPS) is 9.81. The minimum absolute atomic E-state index is 0.295. The minimum Gasteiger partial charge on any atom is -0.288 e. The molecule has 0 saturated carbocycles. The molecule has 0 fully saturated rings.